The van der Waals surface area contributed by atoms with E-state index in [2.05, 4.69) is 22.4 Å². The molecule has 4 nitrogen and oxygen atoms in total. The lowest BCUT2D eigenvalue weighted by Crippen LogP contribution is -2.27. The highest BCUT2D eigenvalue weighted by molar-refractivity contribution is 5.90. The van der Waals surface area contributed by atoms with E-state index in [0.717, 1.165) is 65.1 Å². The van der Waals surface area contributed by atoms with E-state index in [-0.39, 0.29) is 11.7 Å². The fourth-order valence-corrected chi connectivity index (χ4v) is 4.46. The molecule has 2 aromatic carbocycles. The number of nitrogens with zero attached hydrogens (tertiary/aromatic N) is 1. The van der Waals surface area contributed by atoms with Crippen LogP contribution in [0.4, 0.5) is 4.39 Å². The molecule has 148 valence electrons. The standard InChI is InChI=1S/C24H24FN3O/c1-14-11-16-12-19(23(29-2)13-22(16)27-14)21-6-4-18-20(28-21)5-3-17(24(18)25)15-7-9-26-10-8-15/h3-6,11-13,15,26-27H,7-10H2,1-2H3. The fourth-order valence-electron chi connectivity index (χ4n) is 4.46. The molecule has 0 radical (unpaired) electrons. The van der Waals surface area contributed by atoms with Crippen LogP contribution >= 0.6 is 0 Å². The van der Waals surface area contributed by atoms with E-state index in [1.165, 1.54) is 0 Å². The first-order valence-corrected chi connectivity index (χ1v) is 10.1. The number of aromatic amines is 1. The number of piperidine rings is 1. The Morgan fingerprint density at radius 2 is 1.90 bits per heavy atom. The number of rotatable bonds is 3. The second-order valence-corrected chi connectivity index (χ2v) is 7.85. The van der Waals surface area contributed by atoms with Crippen molar-refractivity contribution in [2.75, 3.05) is 20.2 Å². The number of ether oxygens (including phenoxy) is 1. The normalized spacial score (nSPS) is 15.3. The Balaban J connectivity index is 1.61. The van der Waals surface area contributed by atoms with E-state index >= 15 is 4.39 Å². The van der Waals surface area contributed by atoms with Crippen LogP contribution in [0.1, 0.15) is 30.0 Å². The second kappa shape index (κ2) is 7.16. The Bertz CT molecular complexity index is 1210. The number of methoxy groups -OCH3 is 1. The summed E-state index contributed by atoms with van der Waals surface area (Å²) in [5.41, 5.74) is 5.30. The number of hydrogen-bond donors (Lipinski definition) is 2. The van der Waals surface area contributed by atoms with Crippen LogP contribution in [0, 0.1) is 12.7 Å². The van der Waals surface area contributed by atoms with Gasteiger partial charge in [-0.3, -0.25) is 0 Å². The molecule has 1 aliphatic rings. The number of H-pyrrole nitrogens is 1. The van der Waals surface area contributed by atoms with E-state index < -0.39 is 0 Å². The van der Waals surface area contributed by atoms with Gasteiger partial charge in [0.25, 0.3) is 0 Å². The molecule has 4 aromatic rings. The van der Waals surface area contributed by atoms with Crippen molar-refractivity contribution in [1.82, 2.24) is 15.3 Å². The lowest BCUT2D eigenvalue weighted by molar-refractivity contribution is 0.417. The van der Waals surface area contributed by atoms with Gasteiger partial charge in [0.05, 0.1) is 18.3 Å². The largest absolute Gasteiger partial charge is 0.496 e. The first-order valence-electron chi connectivity index (χ1n) is 10.1. The number of hydrogen-bond acceptors (Lipinski definition) is 3. The third kappa shape index (κ3) is 3.15. The van der Waals surface area contributed by atoms with Gasteiger partial charge < -0.3 is 15.0 Å². The molecule has 0 spiro atoms. The van der Waals surface area contributed by atoms with Crippen molar-refractivity contribution in [2.24, 2.45) is 0 Å². The second-order valence-electron chi connectivity index (χ2n) is 7.85. The van der Waals surface area contributed by atoms with Gasteiger partial charge in [0.1, 0.15) is 11.6 Å². The van der Waals surface area contributed by atoms with E-state index in [1.807, 2.05) is 37.3 Å². The van der Waals surface area contributed by atoms with Crippen LogP contribution < -0.4 is 10.1 Å². The van der Waals surface area contributed by atoms with Gasteiger partial charge in [-0.25, -0.2) is 9.37 Å². The molecule has 0 bridgehead atoms. The number of benzene rings is 2. The fraction of sp³-hybridized carbons (Fsp3) is 0.292. The molecule has 1 aliphatic heterocycles. The molecule has 0 atom stereocenters. The van der Waals surface area contributed by atoms with Crippen LogP contribution in [-0.4, -0.2) is 30.2 Å². The number of aromatic nitrogens is 2. The predicted octanol–water partition coefficient (Wildman–Crippen LogP) is 5.31. The highest BCUT2D eigenvalue weighted by atomic mass is 19.1. The maximum absolute atomic E-state index is 15.3. The molecule has 0 amide bonds. The van der Waals surface area contributed by atoms with Gasteiger partial charge in [0, 0.05) is 33.6 Å². The first kappa shape index (κ1) is 18.1. The monoisotopic (exact) mass is 389 g/mol. The quantitative estimate of drug-likeness (QED) is 0.499. The zero-order chi connectivity index (χ0) is 20.0. The summed E-state index contributed by atoms with van der Waals surface area (Å²) in [6, 6.07) is 13.8. The van der Waals surface area contributed by atoms with Crippen molar-refractivity contribution >= 4 is 21.8 Å². The zero-order valence-electron chi connectivity index (χ0n) is 16.7. The molecule has 0 aliphatic carbocycles. The van der Waals surface area contributed by atoms with Crippen molar-refractivity contribution < 1.29 is 9.13 Å². The van der Waals surface area contributed by atoms with Crippen molar-refractivity contribution in [3.8, 4) is 17.0 Å². The van der Waals surface area contributed by atoms with Gasteiger partial charge in [0.15, 0.2) is 0 Å². The number of pyridine rings is 1. The van der Waals surface area contributed by atoms with Gasteiger partial charge in [-0.2, -0.15) is 0 Å². The SMILES string of the molecule is COc1cc2[nH]c(C)cc2cc1-c1ccc2c(F)c(C3CCNCC3)ccc2n1. The molecule has 2 aromatic heterocycles. The Hall–Kier alpha value is -2.92. The third-order valence-corrected chi connectivity index (χ3v) is 5.97. The van der Waals surface area contributed by atoms with Gasteiger partial charge in [-0.15, -0.1) is 0 Å². The molecule has 5 heteroatoms. The minimum atomic E-state index is -0.128. The Kier molecular flexibility index (Phi) is 4.47. The Morgan fingerprint density at radius 1 is 1.07 bits per heavy atom. The summed E-state index contributed by atoms with van der Waals surface area (Å²) in [6.07, 6.45) is 1.95. The summed E-state index contributed by atoms with van der Waals surface area (Å²) in [5, 5.41) is 5.03. The minimum absolute atomic E-state index is 0.128. The highest BCUT2D eigenvalue weighted by Gasteiger charge is 2.20. The van der Waals surface area contributed by atoms with Gasteiger partial charge in [0.2, 0.25) is 0 Å². The topological polar surface area (TPSA) is 49.9 Å². The summed E-state index contributed by atoms with van der Waals surface area (Å²) in [6.45, 7) is 3.92. The Labute approximate surface area is 169 Å². The van der Waals surface area contributed by atoms with Gasteiger partial charge in [-0.1, -0.05) is 6.07 Å². The van der Waals surface area contributed by atoms with Gasteiger partial charge >= 0.3 is 0 Å². The molecule has 29 heavy (non-hydrogen) atoms. The van der Waals surface area contributed by atoms with E-state index in [0.29, 0.717) is 10.9 Å². The van der Waals surface area contributed by atoms with Crippen molar-refractivity contribution in [2.45, 2.75) is 25.7 Å². The highest BCUT2D eigenvalue weighted by Crippen LogP contribution is 2.36. The van der Waals surface area contributed by atoms with Crippen molar-refractivity contribution in [3.63, 3.8) is 0 Å². The van der Waals surface area contributed by atoms with Crippen molar-refractivity contribution in [1.29, 1.82) is 0 Å². The zero-order valence-corrected chi connectivity index (χ0v) is 16.7. The average molecular weight is 389 g/mol. The summed E-state index contributed by atoms with van der Waals surface area (Å²) in [4.78, 5) is 8.10. The smallest absolute Gasteiger partial charge is 0.136 e. The van der Waals surface area contributed by atoms with Crippen LogP contribution in [-0.2, 0) is 0 Å². The van der Waals surface area contributed by atoms with Crippen LogP contribution in [0.5, 0.6) is 5.75 Å². The maximum atomic E-state index is 15.3. The third-order valence-electron chi connectivity index (χ3n) is 5.97. The molecule has 5 rings (SSSR count). The molecule has 3 heterocycles. The van der Waals surface area contributed by atoms with E-state index in [4.69, 9.17) is 9.72 Å². The summed E-state index contributed by atoms with van der Waals surface area (Å²) in [7, 11) is 1.66. The minimum Gasteiger partial charge on any atom is -0.496 e. The number of nitrogens with one attached hydrogen (secondary N) is 2. The van der Waals surface area contributed by atoms with Crippen LogP contribution in [0.2, 0.25) is 0 Å². The van der Waals surface area contributed by atoms with Crippen LogP contribution in [0.15, 0.2) is 42.5 Å². The van der Waals surface area contributed by atoms with Crippen molar-refractivity contribution in [3.05, 3.63) is 59.5 Å². The first-order chi connectivity index (χ1) is 14.1. The molecule has 1 saturated heterocycles. The molecule has 1 fully saturated rings. The van der Waals surface area contributed by atoms with Gasteiger partial charge in [-0.05, 0) is 74.7 Å². The van der Waals surface area contributed by atoms with E-state index in [1.54, 1.807) is 7.11 Å². The van der Waals surface area contributed by atoms with E-state index in [9.17, 15) is 0 Å². The average Bonchev–Trinajstić information content (AvgIpc) is 3.12. The molecular weight excluding hydrogens is 365 g/mol. The van der Waals surface area contributed by atoms with Crippen LogP contribution in [0.3, 0.4) is 0 Å². The number of fused-ring (bicyclic) bond motifs is 2. The number of halogens is 1. The Morgan fingerprint density at radius 3 is 2.69 bits per heavy atom. The number of aryl methyl sites for hydroxylation is 1. The summed E-state index contributed by atoms with van der Waals surface area (Å²) in [5.74, 6) is 0.898. The molecule has 0 saturated carbocycles. The maximum Gasteiger partial charge on any atom is 0.136 e. The summed E-state index contributed by atoms with van der Waals surface area (Å²) >= 11 is 0. The summed E-state index contributed by atoms with van der Waals surface area (Å²) < 4.78 is 20.9. The molecule has 0 unspecified atom stereocenters. The lowest BCUT2D eigenvalue weighted by Gasteiger charge is -2.23. The predicted molar refractivity (Wildman–Crippen MR) is 115 cm³/mol. The molecular formula is C24H24FN3O. The molecule has 2 N–H and O–H groups in total. The lowest BCUT2D eigenvalue weighted by atomic mass is 9.89. The van der Waals surface area contributed by atoms with Crippen LogP contribution in [0.25, 0.3) is 33.1 Å².